The number of rotatable bonds is 8. The Bertz CT molecular complexity index is 882. The molecule has 0 saturated carbocycles. The molecule has 1 heterocycles. The molecule has 0 aliphatic heterocycles. The predicted molar refractivity (Wildman–Crippen MR) is 95.5 cm³/mol. The summed E-state index contributed by atoms with van der Waals surface area (Å²) in [5, 5.41) is 41.6. The van der Waals surface area contributed by atoms with Gasteiger partial charge in [0.15, 0.2) is 0 Å². The van der Waals surface area contributed by atoms with Crippen LogP contribution in [0.2, 0.25) is 0 Å². The standard InChI is InChI=1S/C18H18N4O5/c23-11-15(17(24)12-6-8-14(9-7-12)22(25)26)19-10-16-20-21-18(27-16)13-4-2-1-3-5-13/h1-9,15,17,19,23-24H,10-11H2/t15-,17-/m0/s1. The molecule has 0 spiro atoms. The van der Waals surface area contributed by atoms with E-state index in [0.717, 1.165) is 5.56 Å². The minimum absolute atomic E-state index is 0.0706. The summed E-state index contributed by atoms with van der Waals surface area (Å²) in [5.74, 6) is 0.687. The van der Waals surface area contributed by atoms with Crippen LogP contribution in [0.1, 0.15) is 17.6 Å². The molecule has 0 bridgehead atoms. The first-order valence-electron chi connectivity index (χ1n) is 8.23. The molecule has 0 fully saturated rings. The number of benzene rings is 2. The second-order valence-electron chi connectivity index (χ2n) is 5.83. The minimum atomic E-state index is -1.06. The highest BCUT2D eigenvalue weighted by Gasteiger charge is 2.21. The topological polar surface area (TPSA) is 135 Å². The molecule has 3 N–H and O–H groups in total. The average Bonchev–Trinajstić information content (AvgIpc) is 3.18. The predicted octanol–water partition coefficient (Wildman–Crippen LogP) is 1.83. The third kappa shape index (κ3) is 4.53. The molecule has 27 heavy (non-hydrogen) atoms. The molecule has 0 aliphatic carbocycles. The zero-order valence-electron chi connectivity index (χ0n) is 14.2. The van der Waals surface area contributed by atoms with Gasteiger partial charge in [-0.25, -0.2) is 0 Å². The van der Waals surface area contributed by atoms with Gasteiger partial charge >= 0.3 is 0 Å². The van der Waals surface area contributed by atoms with Crippen LogP contribution in [0.5, 0.6) is 0 Å². The summed E-state index contributed by atoms with van der Waals surface area (Å²) in [7, 11) is 0. The Kier molecular flexibility index (Phi) is 5.87. The largest absolute Gasteiger partial charge is 0.419 e. The van der Waals surface area contributed by atoms with Crippen molar-refractivity contribution in [3.63, 3.8) is 0 Å². The second kappa shape index (κ2) is 8.49. The number of aromatic nitrogens is 2. The summed E-state index contributed by atoms with van der Waals surface area (Å²) < 4.78 is 5.57. The number of hydrogen-bond acceptors (Lipinski definition) is 8. The van der Waals surface area contributed by atoms with E-state index >= 15 is 0 Å². The molecule has 0 unspecified atom stereocenters. The number of nitrogens with zero attached hydrogens (tertiary/aromatic N) is 3. The number of hydrogen-bond donors (Lipinski definition) is 3. The van der Waals surface area contributed by atoms with E-state index in [1.807, 2.05) is 30.3 Å². The molecule has 0 amide bonds. The molecular formula is C18H18N4O5. The zero-order chi connectivity index (χ0) is 19.2. The first kappa shape index (κ1) is 18.6. The van der Waals surface area contributed by atoms with Crippen LogP contribution in [0.3, 0.4) is 0 Å². The van der Waals surface area contributed by atoms with E-state index in [-0.39, 0.29) is 18.8 Å². The molecule has 0 aliphatic rings. The van der Waals surface area contributed by atoms with Gasteiger partial charge in [0, 0.05) is 17.7 Å². The summed E-state index contributed by atoms with van der Waals surface area (Å²) in [4.78, 5) is 10.2. The van der Waals surface area contributed by atoms with E-state index in [2.05, 4.69) is 15.5 Å². The van der Waals surface area contributed by atoms with Gasteiger partial charge in [-0.2, -0.15) is 0 Å². The smallest absolute Gasteiger partial charge is 0.269 e. The fraction of sp³-hybridized carbons (Fsp3) is 0.222. The average molecular weight is 370 g/mol. The summed E-state index contributed by atoms with van der Waals surface area (Å²) >= 11 is 0. The monoisotopic (exact) mass is 370 g/mol. The molecule has 2 atom stereocenters. The van der Waals surface area contributed by atoms with Gasteiger partial charge in [0.1, 0.15) is 0 Å². The second-order valence-corrected chi connectivity index (χ2v) is 5.83. The molecule has 9 heteroatoms. The van der Waals surface area contributed by atoms with Gasteiger partial charge in [0.2, 0.25) is 11.8 Å². The molecule has 2 aromatic carbocycles. The van der Waals surface area contributed by atoms with Gasteiger partial charge in [0.25, 0.3) is 5.69 Å². The first-order valence-corrected chi connectivity index (χ1v) is 8.23. The van der Waals surface area contributed by atoms with Crippen LogP contribution in [0.15, 0.2) is 59.0 Å². The van der Waals surface area contributed by atoms with Crippen LogP contribution in [-0.2, 0) is 6.54 Å². The third-order valence-electron chi connectivity index (χ3n) is 4.03. The quantitative estimate of drug-likeness (QED) is 0.404. The number of aliphatic hydroxyl groups is 2. The Morgan fingerprint density at radius 3 is 2.44 bits per heavy atom. The van der Waals surface area contributed by atoms with Crippen molar-refractivity contribution >= 4 is 5.69 Å². The van der Waals surface area contributed by atoms with Crippen LogP contribution >= 0.6 is 0 Å². The number of non-ortho nitro benzene ring substituents is 1. The van der Waals surface area contributed by atoms with E-state index in [1.54, 1.807) is 0 Å². The van der Waals surface area contributed by atoms with E-state index in [0.29, 0.717) is 17.3 Å². The fourth-order valence-electron chi connectivity index (χ4n) is 2.54. The highest BCUT2D eigenvalue weighted by atomic mass is 16.6. The Hall–Kier alpha value is -3.14. The number of nitrogens with one attached hydrogen (secondary N) is 1. The number of nitro benzene ring substituents is 1. The van der Waals surface area contributed by atoms with Gasteiger partial charge in [-0.3, -0.25) is 10.1 Å². The Morgan fingerprint density at radius 1 is 1.11 bits per heavy atom. The minimum Gasteiger partial charge on any atom is -0.419 e. The van der Waals surface area contributed by atoms with Gasteiger partial charge < -0.3 is 19.9 Å². The molecule has 1 aromatic heterocycles. The van der Waals surface area contributed by atoms with E-state index in [1.165, 1.54) is 24.3 Å². The fourth-order valence-corrected chi connectivity index (χ4v) is 2.54. The highest BCUT2D eigenvalue weighted by molar-refractivity contribution is 5.51. The number of nitro groups is 1. The normalized spacial score (nSPS) is 13.3. The van der Waals surface area contributed by atoms with Crippen molar-refractivity contribution in [3.8, 4) is 11.5 Å². The van der Waals surface area contributed by atoms with Crippen LogP contribution in [-0.4, -0.2) is 38.0 Å². The lowest BCUT2D eigenvalue weighted by Gasteiger charge is -2.21. The van der Waals surface area contributed by atoms with Crippen LogP contribution in [0, 0.1) is 10.1 Å². The lowest BCUT2D eigenvalue weighted by molar-refractivity contribution is -0.384. The molecule has 3 rings (SSSR count). The van der Waals surface area contributed by atoms with Crippen LogP contribution < -0.4 is 5.32 Å². The third-order valence-corrected chi connectivity index (χ3v) is 4.03. The Balaban J connectivity index is 1.63. The number of aliphatic hydroxyl groups excluding tert-OH is 2. The van der Waals surface area contributed by atoms with Crippen molar-refractivity contribution < 1.29 is 19.6 Å². The maximum atomic E-state index is 10.7. The van der Waals surface area contributed by atoms with Gasteiger partial charge in [-0.15, -0.1) is 10.2 Å². The Morgan fingerprint density at radius 2 is 1.81 bits per heavy atom. The van der Waals surface area contributed by atoms with Crippen molar-refractivity contribution in [2.45, 2.75) is 18.7 Å². The molecule has 0 radical (unpaired) electrons. The maximum absolute atomic E-state index is 10.7. The van der Waals surface area contributed by atoms with Crippen molar-refractivity contribution in [3.05, 3.63) is 76.2 Å². The lowest BCUT2D eigenvalue weighted by Crippen LogP contribution is -2.37. The molecule has 0 saturated heterocycles. The van der Waals surface area contributed by atoms with Crippen molar-refractivity contribution in [1.29, 1.82) is 0 Å². The SMILES string of the molecule is O=[N+]([O-])c1ccc([C@H](O)[C@H](CO)NCc2nnc(-c3ccccc3)o2)cc1. The van der Waals surface area contributed by atoms with E-state index in [9.17, 15) is 20.3 Å². The molecule has 140 valence electrons. The first-order chi connectivity index (χ1) is 13.1. The summed E-state index contributed by atoms with van der Waals surface area (Å²) in [6, 6.07) is 14.1. The highest BCUT2D eigenvalue weighted by Crippen LogP contribution is 2.21. The molecule has 9 nitrogen and oxygen atoms in total. The lowest BCUT2D eigenvalue weighted by atomic mass is 10.0. The molecule has 3 aromatic rings. The zero-order valence-corrected chi connectivity index (χ0v) is 14.2. The molecular weight excluding hydrogens is 352 g/mol. The van der Waals surface area contributed by atoms with Crippen molar-refractivity contribution in [1.82, 2.24) is 15.5 Å². The van der Waals surface area contributed by atoms with Crippen LogP contribution in [0.25, 0.3) is 11.5 Å². The van der Waals surface area contributed by atoms with Gasteiger partial charge in [-0.05, 0) is 29.8 Å². The van der Waals surface area contributed by atoms with Crippen LogP contribution in [0.4, 0.5) is 5.69 Å². The summed E-state index contributed by atoms with van der Waals surface area (Å²) in [5.41, 5.74) is 1.17. The summed E-state index contributed by atoms with van der Waals surface area (Å²) in [6.45, 7) is -0.201. The van der Waals surface area contributed by atoms with Crippen molar-refractivity contribution in [2.75, 3.05) is 6.61 Å². The van der Waals surface area contributed by atoms with Gasteiger partial charge in [-0.1, -0.05) is 18.2 Å². The van der Waals surface area contributed by atoms with E-state index < -0.39 is 17.1 Å². The van der Waals surface area contributed by atoms with E-state index in [4.69, 9.17) is 4.42 Å². The maximum Gasteiger partial charge on any atom is 0.269 e. The van der Waals surface area contributed by atoms with Crippen molar-refractivity contribution in [2.24, 2.45) is 0 Å². The Labute approximate surface area is 154 Å². The van der Waals surface area contributed by atoms with Gasteiger partial charge in [0.05, 0.1) is 30.2 Å². The summed E-state index contributed by atoms with van der Waals surface area (Å²) in [6.07, 6.45) is -1.06.